The van der Waals surface area contributed by atoms with Crippen LogP contribution in [-0.2, 0) is 17.8 Å². The Bertz CT molecular complexity index is 703. The molecule has 0 saturated heterocycles. The number of amides is 1. The van der Waals surface area contributed by atoms with Crippen LogP contribution in [0.3, 0.4) is 0 Å². The zero-order valence-corrected chi connectivity index (χ0v) is 12.3. The fourth-order valence-corrected chi connectivity index (χ4v) is 2.44. The van der Waals surface area contributed by atoms with E-state index in [2.05, 4.69) is 15.5 Å². The Morgan fingerprint density at radius 1 is 1.33 bits per heavy atom. The maximum atomic E-state index is 12.2. The van der Waals surface area contributed by atoms with Gasteiger partial charge in [0, 0.05) is 12.0 Å². The van der Waals surface area contributed by atoms with Crippen molar-refractivity contribution < 1.29 is 9.53 Å². The highest BCUT2D eigenvalue weighted by molar-refractivity contribution is 6.34. The summed E-state index contributed by atoms with van der Waals surface area (Å²) in [5, 5.41) is 11.3. The highest BCUT2D eigenvalue weighted by Crippen LogP contribution is 2.23. The molecule has 1 aromatic heterocycles. The van der Waals surface area contributed by atoms with Crippen LogP contribution in [-0.4, -0.2) is 22.7 Å². The highest BCUT2D eigenvalue weighted by Gasteiger charge is 2.16. The molecule has 1 amide bonds. The van der Waals surface area contributed by atoms with Gasteiger partial charge in [0.05, 0.1) is 29.6 Å². The first-order chi connectivity index (χ1) is 10.1. The van der Waals surface area contributed by atoms with E-state index in [1.165, 1.54) is 0 Å². The smallest absolute Gasteiger partial charge is 0.276 e. The van der Waals surface area contributed by atoms with Crippen molar-refractivity contribution in [2.24, 2.45) is 0 Å². The van der Waals surface area contributed by atoms with Gasteiger partial charge >= 0.3 is 0 Å². The molecule has 1 aliphatic rings. The van der Waals surface area contributed by atoms with E-state index in [9.17, 15) is 4.79 Å². The molecule has 0 unspecified atom stereocenters. The summed E-state index contributed by atoms with van der Waals surface area (Å²) in [6.45, 7) is 3.05. The summed E-state index contributed by atoms with van der Waals surface area (Å²) >= 11 is 6.11. The first-order valence-corrected chi connectivity index (χ1v) is 7.02. The molecule has 0 aliphatic carbocycles. The lowest BCUT2D eigenvalue weighted by Crippen LogP contribution is -2.19. The van der Waals surface area contributed by atoms with Gasteiger partial charge in [-0.2, -0.15) is 5.10 Å². The average molecular weight is 304 g/mol. The Morgan fingerprint density at radius 2 is 2.19 bits per heavy atom. The number of aromatic nitrogens is 2. The van der Waals surface area contributed by atoms with Crippen molar-refractivity contribution in [1.82, 2.24) is 10.2 Å². The van der Waals surface area contributed by atoms with Crippen molar-refractivity contribution in [1.29, 1.82) is 0 Å². The number of nitrogens with one attached hydrogen (secondary N) is 1. The molecular weight excluding hydrogens is 290 g/mol. The van der Waals surface area contributed by atoms with Gasteiger partial charge in [0.2, 0.25) is 0 Å². The molecule has 3 rings (SSSR count). The molecule has 0 atom stereocenters. The summed E-state index contributed by atoms with van der Waals surface area (Å²) in [6.07, 6.45) is 0.730. The zero-order chi connectivity index (χ0) is 14.8. The molecule has 0 fully saturated rings. The number of rotatable bonds is 2. The first kappa shape index (κ1) is 14.0. The van der Waals surface area contributed by atoms with E-state index < -0.39 is 0 Å². The van der Waals surface area contributed by atoms with Crippen LogP contribution in [0.25, 0.3) is 0 Å². The first-order valence-electron chi connectivity index (χ1n) is 6.64. The lowest BCUT2D eigenvalue weighted by molar-refractivity contribution is 0.101. The second kappa shape index (κ2) is 5.79. The van der Waals surface area contributed by atoms with Gasteiger partial charge < -0.3 is 10.1 Å². The van der Waals surface area contributed by atoms with Crippen LogP contribution in [0.5, 0.6) is 0 Å². The van der Waals surface area contributed by atoms with Crippen LogP contribution >= 0.6 is 11.6 Å². The van der Waals surface area contributed by atoms with Crippen molar-refractivity contribution in [3.63, 3.8) is 0 Å². The highest BCUT2D eigenvalue weighted by atomic mass is 35.5. The molecule has 0 spiro atoms. The minimum atomic E-state index is -0.332. The molecule has 2 heterocycles. The van der Waals surface area contributed by atoms with E-state index in [0.717, 1.165) is 23.2 Å². The molecule has 5 nitrogen and oxygen atoms in total. The number of halogens is 1. The van der Waals surface area contributed by atoms with E-state index in [0.29, 0.717) is 23.9 Å². The van der Waals surface area contributed by atoms with Crippen LogP contribution in [0.1, 0.15) is 27.3 Å². The van der Waals surface area contributed by atoms with Crippen molar-refractivity contribution in [2.45, 2.75) is 20.0 Å². The van der Waals surface area contributed by atoms with E-state index in [-0.39, 0.29) is 11.6 Å². The quantitative estimate of drug-likeness (QED) is 0.926. The Balaban J connectivity index is 1.82. The maximum absolute atomic E-state index is 12.2. The molecule has 108 valence electrons. The number of ether oxygens (including phenoxy) is 1. The number of carbonyl (C=O) groups excluding carboxylic acids is 1. The molecule has 1 N–H and O–H groups in total. The SMILES string of the molecule is Cc1ccc(NC(=O)c2cc3c(nn2)CCOC3)c(Cl)c1. The summed E-state index contributed by atoms with van der Waals surface area (Å²) < 4.78 is 5.36. The molecule has 0 radical (unpaired) electrons. The normalized spacial score (nSPS) is 13.6. The third kappa shape index (κ3) is 3.04. The third-order valence-electron chi connectivity index (χ3n) is 3.31. The predicted molar refractivity (Wildman–Crippen MR) is 79.5 cm³/mol. The number of hydrogen-bond acceptors (Lipinski definition) is 4. The number of aryl methyl sites for hydroxylation is 1. The van der Waals surface area contributed by atoms with Gasteiger partial charge in [-0.25, -0.2) is 0 Å². The van der Waals surface area contributed by atoms with E-state index in [4.69, 9.17) is 16.3 Å². The molecule has 21 heavy (non-hydrogen) atoms. The summed E-state index contributed by atoms with van der Waals surface area (Å²) in [6, 6.07) is 7.17. The van der Waals surface area contributed by atoms with Gasteiger partial charge in [0.1, 0.15) is 0 Å². The van der Waals surface area contributed by atoms with Crippen molar-refractivity contribution in [3.8, 4) is 0 Å². The molecule has 2 aromatic rings. The Hall–Kier alpha value is -1.98. The van der Waals surface area contributed by atoms with Crippen LogP contribution in [0.4, 0.5) is 5.69 Å². The predicted octanol–water partition coefficient (Wildman–Crippen LogP) is 2.76. The summed E-state index contributed by atoms with van der Waals surface area (Å²) in [5.41, 5.74) is 3.66. The fourth-order valence-electron chi connectivity index (χ4n) is 2.16. The largest absolute Gasteiger partial charge is 0.376 e. The van der Waals surface area contributed by atoms with E-state index >= 15 is 0 Å². The molecule has 1 aliphatic heterocycles. The van der Waals surface area contributed by atoms with Crippen LogP contribution in [0.15, 0.2) is 24.3 Å². The van der Waals surface area contributed by atoms with E-state index in [1.807, 2.05) is 13.0 Å². The molecule has 0 bridgehead atoms. The monoisotopic (exact) mass is 303 g/mol. The van der Waals surface area contributed by atoms with Gasteiger partial charge in [-0.05, 0) is 30.7 Å². The lowest BCUT2D eigenvalue weighted by Gasteiger charge is -2.15. The third-order valence-corrected chi connectivity index (χ3v) is 3.62. The van der Waals surface area contributed by atoms with E-state index in [1.54, 1.807) is 18.2 Å². The average Bonchev–Trinajstić information content (AvgIpc) is 2.49. The summed E-state index contributed by atoms with van der Waals surface area (Å²) in [5.74, 6) is -0.332. The van der Waals surface area contributed by atoms with Crippen molar-refractivity contribution in [3.05, 3.63) is 51.8 Å². The van der Waals surface area contributed by atoms with Gasteiger partial charge in [0.25, 0.3) is 5.91 Å². The van der Waals surface area contributed by atoms with Gasteiger partial charge in [-0.3, -0.25) is 4.79 Å². The minimum Gasteiger partial charge on any atom is -0.376 e. The van der Waals surface area contributed by atoms with Crippen LogP contribution in [0, 0.1) is 6.92 Å². The summed E-state index contributed by atoms with van der Waals surface area (Å²) in [4.78, 5) is 12.2. The molecular formula is C15H14ClN3O2. The number of carbonyl (C=O) groups is 1. The van der Waals surface area contributed by atoms with Gasteiger partial charge in [-0.15, -0.1) is 5.10 Å². The second-order valence-electron chi connectivity index (χ2n) is 4.94. The van der Waals surface area contributed by atoms with Crippen molar-refractivity contribution in [2.75, 3.05) is 11.9 Å². The number of fused-ring (bicyclic) bond motifs is 1. The van der Waals surface area contributed by atoms with Gasteiger partial charge in [0.15, 0.2) is 5.69 Å². The lowest BCUT2D eigenvalue weighted by atomic mass is 10.1. The Kier molecular flexibility index (Phi) is 3.86. The number of benzene rings is 1. The zero-order valence-electron chi connectivity index (χ0n) is 11.5. The number of anilines is 1. The van der Waals surface area contributed by atoms with Crippen molar-refractivity contribution >= 4 is 23.2 Å². The second-order valence-corrected chi connectivity index (χ2v) is 5.35. The van der Waals surface area contributed by atoms with Crippen LogP contribution < -0.4 is 5.32 Å². The Morgan fingerprint density at radius 3 is 3.00 bits per heavy atom. The summed E-state index contributed by atoms with van der Waals surface area (Å²) in [7, 11) is 0. The topological polar surface area (TPSA) is 64.1 Å². The fraction of sp³-hybridized carbons (Fsp3) is 0.267. The van der Waals surface area contributed by atoms with Crippen LogP contribution in [0.2, 0.25) is 5.02 Å². The van der Waals surface area contributed by atoms with Gasteiger partial charge in [-0.1, -0.05) is 17.7 Å². The molecule has 0 saturated carbocycles. The Labute approximate surface area is 127 Å². The standard InChI is InChI=1S/C15H14ClN3O2/c1-9-2-3-13(11(16)6-9)17-15(20)14-7-10-8-21-5-4-12(10)18-19-14/h2-3,6-7H,4-5,8H2,1H3,(H,17,20). The number of nitrogens with zero attached hydrogens (tertiary/aromatic N) is 2. The molecule has 1 aromatic carbocycles. The maximum Gasteiger partial charge on any atom is 0.276 e. The minimum absolute atomic E-state index is 0.260. The number of hydrogen-bond donors (Lipinski definition) is 1. The molecule has 6 heteroatoms.